The predicted octanol–water partition coefficient (Wildman–Crippen LogP) is 2.32. The average molecular weight is 277 g/mol. The van der Waals surface area contributed by atoms with Gasteiger partial charge in [-0.25, -0.2) is 0 Å². The van der Waals surface area contributed by atoms with Crippen LogP contribution in [-0.2, 0) is 11.3 Å². The first-order chi connectivity index (χ1) is 9.50. The normalized spacial score (nSPS) is 11.8. The molecule has 0 saturated carbocycles. The second kappa shape index (κ2) is 8.59. The van der Waals surface area contributed by atoms with E-state index in [0.29, 0.717) is 12.5 Å². The number of nitrogens with zero attached hydrogens (tertiary/aromatic N) is 3. The standard InChI is InChI=1S/C16H27N3O/c1-14(11-17-16(18(2)3)19(4)5)12-20-13-15-9-7-6-8-10-15/h6-10,14H,11-13H2,1-5H3. The minimum atomic E-state index is 0.411. The molecule has 1 rings (SSSR count). The summed E-state index contributed by atoms with van der Waals surface area (Å²) in [6.45, 7) is 4.34. The molecule has 1 aromatic rings. The summed E-state index contributed by atoms with van der Waals surface area (Å²) in [6.07, 6.45) is 0. The van der Waals surface area contributed by atoms with E-state index in [4.69, 9.17) is 4.74 Å². The van der Waals surface area contributed by atoms with Gasteiger partial charge >= 0.3 is 0 Å². The molecule has 4 heteroatoms. The highest BCUT2D eigenvalue weighted by Gasteiger charge is 2.06. The lowest BCUT2D eigenvalue weighted by Gasteiger charge is -2.23. The summed E-state index contributed by atoms with van der Waals surface area (Å²) in [4.78, 5) is 8.69. The molecule has 1 aromatic carbocycles. The van der Waals surface area contributed by atoms with Crippen molar-refractivity contribution in [2.45, 2.75) is 13.5 Å². The van der Waals surface area contributed by atoms with E-state index in [1.54, 1.807) is 0 Å². The molecule has 1 atom stereocenters. The van der Waals surface area contributed by atoms with Gasteiger partial charge in [-0.2, -0.15) is 0 Å². The average Bonchev–Trinajstić information content (AvgIpc) is 2.39. The van der Waals surface area contributed by atoms with Gasteiger partial charge in [0, 0.05) is 34.7 Å². The Morgan fingerprint density at radius 1 is 1.10 bits per heavy atom. The fraction of sp³-hybridized carbons (Fsp3) is 0.562. The second-order valence-electron chi connectivity index (χ2n) is 5.54. The first-order valence-corrected chi connectivity index (χ1v) is 7.01. The molecule has 0 bridgehead atoms. The molecule has 0 spiro atoms. The van der Waals surface area contributed by atoms with Crippen molar-refractivity contribution in [2.75, 3.05) is 41.3 Å². The van der Waals surface area contributed by atoms with E-state index in [2.05, 4.69) is 24.0 Å². The van der Waals surface area contributed by atoms with Crippen LogP contribution in [0.25, 0.3) is 0 Å². The van der Waals surface area contributed by atoms with Crippen molar-refractivity contribution in [3.05, 3.63) is 35.9 Å². The fourth-order valence-corrected chi connectivity index (χ4v) is 1.93. The van der Waals surface area contributed by atoms with E-state index in [-0.39, 0.29) is 0 Å². The molecular weight excluding hydrogens is 250 g/mol. The quantitative estimate of drug-likeness (QED) is 0.590. The van der Waals surface area contributed by atoms with Gasteiger partial charge in [0.05, 0.1) is 13.2 Å². The lowest BCUT2D eigenvalue weighted by Crippen LogP contribution is -2.36. The molecule has 0 aromatic heterocycles. The van der Waals surface area contributed by atoms with Crippen LogP contribution in [0.3, 0.4) is 0 Å². The van der Waals surface area contributed by atoms with Gasteiger partial charge in [0.25, 0.3) is 0 Å². The molecule has 20 heavy (non-hydrogen) atoms. The topological polar surface area (TPSA) is 28.1 Å². The van der Waals surface area contributed by atoms with Crippen LogP contribution < -0.4 is 0 Å². The SMILES string of the molecule is CC(CN=C(N(C)C)N(C)C)COCc1ccccc1. The Morgan fingerprint density at radius 3 is 2.25 bits per heavy atom. The minimum absolute atomic E-state index is 0.411. The number of benzene rings is 1. The smallest absolute Gasteiger partial charge is 0.195 e. The van der Waals surface area contributed by atoms with Crippen molar-refractivity contribution in [1.82, 2.24) is 9.80 Å². The summed E-state index contributed by atoms with van der Waals surface area (Å²) >= 11 is 0. The molecule has 0 fully saturated rings. The van der Waals surface area contributed by atoms with Crippen LogP contribution in [0.2, 0.25) is 0 Å². The first-order valence-electron chi connectivity index (χ1n) is 7.01. The Kier molecular flexibility index (Phi) is 7.09. The summed E-state index contributed by atoms with van der Waals surface area (Å²) in [7, 11) is 8.04. The Morgan fingerprint density at radius 2 is 1.70 bits per heavy atom. The number of aliphatic imine (C=N–C) groups is 1. The van der Waals surface area contributed by atoms with Crippen molar-refractivity contribution in [2.24, 2.45) is 10.9 Å². The molecular formula is C16H27N3O. The van der Waals surface area contributed by atoms with Gasteiger partial charge in [-0.1, -0.05) is 37.3 Å². The van der Waals surface area contributed by atoms with Crippen LogP contribution >= 0.6 is 0 Å². The number of rotatable bonds is 6. The zero-order chi connectivity index (χ0) is 15.0. The highest BCUT2D eigenvalue weighted by atomic mass is 16.5. The minimum Gasteiger partial charge on any atom is -0.376 e. The van der Waals surface area contributed by atoms with Crippen LogP contribution in [-0.4, -0.2) is 57.1 Å². The number of hydrogen-bond acceptors (Lipinski definition) is 2. The van der Waals surface area contributed by atoms with Crippen LogP contribution in [0.5, 0.6) is 0 Å². The summed E-state index contributed by atoms with van der Waals surface area (Å²) in [5.41, 5.74) is 1.21. The maximum atomic E-state index is 5.74. The fourth-order valence-electron chi connectivity index (χ4n) is 1.93. The van der Waals surface area contributed by atoms with Crippen molar-refractivity contribution >= 4 is 5.96 Å². The van der Waals surface area contributed by atoms with Crippen molar-refractivity contribution in [3.63, 3.8) is 0 Å². The zero-order valence-corrected chi connectivity index (χ0v) is 13.3. The predicted molar refractivity (Wildman–Crippen MR) is 84.9 cm³/mol. The third kappa shape index (κ3) is 6.06. The van der Waals surface area contributed by atoms with Gasteiger partial charge in [-0.15, -0.1) is 0 Å². The largest absolute Gasteiger partial charge is 0.376 e. The molecule has 0 amide bonds. The molecule has 4 nitrogen and oxygen atoms in total. The molecule has 1 unspecified atom stereocenters. The maximum absolute atomic E-state index is 5.74. The maximum Gasteiger partial charge on any atom is 0.195 e. The van der Waals surface area contributed by atoms with E-state index in [1.165, 1.54) is 5.56 Å². The van der Waals surface area contributed by atoms with E-state index >= 15 is 0 Å². The van der Waals surface area contributed by atoms with E-state index in [9.17, 15) is 0 Å². The third-order valence-corrected chi connectivity index (χ3v) is 2.86. The molecule has 0 aliphatic heterocycles. The highest BCUT2D eigenvalue weighted by molar-refractivity contribution is 5.79. The van der Waals surface area contributed by atoms with Crippen LogP contribution in [0, 0.1) is 5.92 Å². The molecule has 0 aliphatic rings. The van der Waals surface area contributed by atoms with Gasteiger partial charge in [0.1, 0.15) is 0 Å². The summed E-state index contributed by atoms with van der Waals surface area (Å²) in [5.74, 6) is 1.40. The van der Waals surface area contributed by atoms with Gasteiger partial charge in [-0.3, -0.25) is 4.99 Å². The van der Waals surface area contributed by atoms with Crippen LogP contribution in [0.15, 0.2) is 35.3 Å². The summed E-state index contributed by atoms with van der Waals surface area (Å²) < 4.78 is 5.74. The molecule has 0 radical (unpaired) electrons. The molecule has 0 N–H and O–H groups in total. The molecule has 0 saturated heterocycles. The van der Waals surface area contributed by atoms with E-state index < -0.39 is 0 Å². The number of hydrogen-bond donors (Lipinski definition) is 0. The Labute approximate surface area is 123 Å². The van der Waals surface area contributed by atoms with Crippen molar-refractivity contribution in [1.29, 1.82) is 0 Å². The van der Waals surface area contributed by atoms with Gasteiger partial charge in [0.15, 0.2) is 5.96 Å². The van der Waals surface area contributed by atoms with Crippen LogP contribution in [0.1, 0.15) is 12.5 Å². The Bertz CT molecular complexity index is 391. The van der Waals surface area contributed by atoms with E-state index in [1.807, 2.05) is 56.2 Å². The monoisotopic (exact) mass is 277 g/mol. The number of guanidine groups is 1. The third-order valence-electron chi connectivity index (χ3n) is 2.86. The van der Waals surface area contributed by atoms with Gasteiger partial charge < -0.3 is 14.5 Å². The second-order valence-corrected chi connectivity index (χ2v) is 5.54. The highest BCUT2D eigenvalue weighted by Crippen LogP contribution is 2.04. The lowest BCUT2D eigenvalue weighted by atomic mass is 10.2. The number of ether oxygens (including phenoxy) is 1. The van der Waals surface area contributed by atoms with Crippen molar-refractivity contribution in [3.8, 4) is 0 Å². The Hall–Kier alpha value is -1.55. The summed E-state index contributed by atoms with van der Waals surface area (Å²) in [5, 5.41) is 0. The molecule has 0 heterocycles. The molecule has 0 aliphatic carbocycles. The van der Waals surface area contributed by atoms with Crippen LogP contribution in [0.4, 0.5) is 0 Å². The lowest BCUT2D eigenvalue weighted by molar-refractivity contribution is 0.0943. The zero-order valence-electron chi connectivity index (χ0n) is 13.3. The molecule has 112 valence electrons. The van der Waals surface area contributed by atoms with Gasteiger partial charge in [0.2, 0.25) is 0 Å². The van der Waals surface area contributed by atoms with E-state index in [0.717, 1.165) is 19.1 Å². The van der Waals surface area contributed by atoms with Gasteiger partial charge in [-0.05, 0) is 11.5 Å². The first kappa shape index (κ1) is 16.5. The summed E-state index contributed by atoms with van der Waals surface area (Å²) in [6, 6.07) is 10.3. The Balaban J connectivity index is 2.33. The van der Waals surface area contributed by atoms with Crippen molar-refractivity contribution < 1.29 is 4.74 Å².